The van der Waals surface area contributed by atoms with E-state index in [-0.39, 0.29) is 74.0 Å². The Hall–Kier alpha value is -4.62. The normalized spacial score (nSPS) is 20.9. The van der Waals surface area contributed by atoms with Gasteiger partial charge in [-0.05, 0) is 63.0 Å². The van der Waals surface area contributed by atoms with E-state index >= 15 is 0 Å². The maximum atomic E-state index is 13.8. The van der Waals surface area contributed by atoms with Gasteiger partial charge in [0.05, 0.1) is 5.69 Å². The molecule has 0 bridgehead atoms. The molecule has 258 valence electrons. The number of nitrogens with one attached hydrogen (secondary N) is 2. The molecule has 0 unspecified atom stereocenters. The smallest absolute Gasteiger partial charge is 0.407 e. The Morgan fingerprint density at radius 2 is 1.56 bits per heavy atom. The van der Waals surface area contributed by atoms with Crippen LogP contribution in [0.1, 0.15) is 74.7 Å². The minimum Gasteiger partial charge on any atom is -0.467 e. The number of hydrogen-bond acceptors (Lipinski definition) is 7. The standard InChI is InChI=1S/C34H45N7O7/c42-28(40-16-8-15-27(40)32(44)35-24-11-7-12-24)22-48-29-21-26(37-41(29)25-13-5-2-6-14-25)31(43)36-30(23-9-3-1-4-10-23)33(45)38-17-19-39(20-18-38)34(46)47/h2,5-6,13-14,21,23-24,27,30H,1,3-4,7-12,15-20,22H2,(H,35,44)(H,36,43)(H,46,47)/t27-,30-/m0/s1. The summed E-state index contributed by atoms with van der Waals surface area (Å²) in [7, 11) is 0. The lowest BCUT2D eigenvalue weighted by atomic mass is 9.83. The summed E-state index contributed by atoms with van der Waals surface area (Å²) >= 11 is 0. The van der Waals surface area contributed by atoms with Crippen molar-refractivity contribution in [2.24, 2.45) is 5.92 Å². The van der Waals surface area contributed by atoms with Crippen molar-refractivity contribution in [3.05, 3.63) is 42.1 Å². The summed E-state index contributed by atoms with van der Waals surface area (Å²) in [6.07, 6.45) is 7.97. The molecule has 2 saturated carbocycles. The summed E-state index contributed by atoms with van der Waals surface area (Å²) in [5.74, 6) is -1.07. The van der Waals surface area contributed by atoms with Crippen molar-refractivity contribution < 1.29 is 33.8 Å². The van der Waals surface area contributed by atoms with Gasteiger partial charge in [-0.15, -0.1) is 0 Å². The first-order valence-electron chi connectivity index (χ1n) is 17.2. The van der Waals surface area contributed by atoms with Crippen LogP contribution >= 0.6 is 0 Å². The number of aromatic nitrogens is 2. The lowest BCUT2D eigenvalue weighted by molar-refractivity contribution is -0.140. The average molecular weight is 664 g/mol. The minimum absolute atomic E-state index is 0.0320. The number of piperazine rings is 1. The van der Waals surface area contributed by atoms with Gasteiger partial charge in [0.15, 0.2) is 12.3 Å². The monoisotopic (exact) mass is 663 g/mol. The highest BCUT2D eigenvalue weighted by Gasteiger charge is 2.38. The third kappa shape index (κ3) is 7.57. The van der Waals surface area contributed by atoms with Crippen LogP contribution in [-0.4, -0.2) is 117 Å². The molecule has 0 radical (unpaired) electrons. The number of benzene rings is 1. The maximum Gasteiger partial charge on any atom is 0.407 e. The zero-order valence-electron chi connectivity index (χ0n) is 27.2. The van der Waals surface area contributed by atoms with Crippen molar-refractivity contribution in [1.29, 1.82) is 0 Å². The molecule has 3 N–H and O–H groups in total. The van der Waals surface area contributed by atoms with E-state index in [0.29, 0.717) is 18.7 Å². The van der Waals surface area contributed by atoms with Crippen molar-refractivity contribution in [3.8, 4) is 11.6 Å². The number of amides is 5. The topological polar surface area (TPSA) is 166 Å². The Balaban J connectivity index is 1.17. The second-order valence-corrected chi connectivity index (χ2v) is 13.2. The molecule has 6 rings (SSSR count). The van der Waals surface area contributed by atoms with Gasteiger partial charge in [0, 0.05) is 44.8 Å². The van der Waals surface area contributed by atoms with Gasteiger partial charge in [-0.25, -0.2) is 9.48 Å². The highest BCUT2D eigenvalue weighted by molar-refractivity contribution is 5.96. The minimum atomic E-state index is -1.01. The molecule has 48 heavy (non-hydrogen) atoms. The fraction of sp³-hybridized carbons (Fsp3) is 0.588. The third-order valence-electron chi connectivity index (χ3n) is 10.1. The van der Waals surface area contributed by atoms with Gasteiger partial charge in [0.25, 0.3) is 11.8 Å². The highest BCUT2D eigenvalue weighted by Crippen LogP contribution is 2.29. The molecule has 5 amide bonds. The molecule has 2 saturated heterocycles. The molecule has 2 aromatic rings. The number of nitrogens with zero attached hydrogens (tertiary/aromatic N) is 5. The summed E-state index contributed by atoms with van der Waals surface area (Å²) in [6, 6.07) is 9.45. The molecule has 3 heterocycles. The van der Waals surface area contributed by atoms with Crippen molar-refractivity contribution in [1.82, 2.24) is 35.1 Å². The molecule has 2 aliphatic carbocycles. The van der Waals surface area contributed by atoms with Gasteiger partial charge < -0.3 is 35.2 Å². The molecule has 1 aromatic heterocycles. The molecule has 4 fully saturated rings. The van der Waals surface area contributed by atoms with Gasteiger partial charge in [-0.3, -0.25) is 19.2 Å². The molecular weight excluding hydrogens is 618 g/mol. The maximum absolute atomic E-state index is 13.8. The van der Waals surface area contributed by atoms with E-state index in [4.69, 9.17) is 4.74 Å². The summed E-state index contributed by atoms with van der Waals surface area (Å²) in [5, 5.41) is 19.9. The quantitative estimate of drug-likeness (QED) is 0.349. The average Bonchev–Trinajstić information content (AvgIpc) is 3.77. The van der Waals surface area contributed by atoms with Crippen LogP contribution in [0.3, 0.4) is 0 Å². The Bertz CT molecular complexity index is 1480. The van der Waals surface area contributed by atoms with E-state index in [1.54, 1.807) is 21.9 Å². The van der Waals surface area contributed by atoms with Crippen LogP contribution in [0.15, 0.2) is 36.4 Å². The number of carbonyl (C=O) groups excluding carboxylic acids is 4. The molecule has 2 atom stereocenters. The van der Waals surface area contributed by atoms with Gasteiger partial charge in [0.1, 0.15) is 12.1 Å². The van der Waals surface area contributed by atoms with Crippen LogP contribution in [0.5, 0.6) is 5.88 Å². The van der Waals surface area contributed by atoms with Crippen LogP contribution in [0, 0.1) is 5.92 Å². The largest absolute Gasteiger partial charge is 0.467 e. The lowest BCUT2D eigenvalue weighted by Crippen LogP contribution is -2.57. The van der Waals surface area contributed by atoms with Crippen LogP contribution < -0.4 is 15.4 Å². The molecule has 0 spiro atoms. The second kappa shape index (κ2) is 15.1. The van der Waals surface area contributed by atoms with Gasteiger partial charge in [-0.1, -0.05) is 37.5 Å². The first-order chi connectivity index (χ1) is 23.3. The highest BCUT2D eigenvalue weighted by atomic mass is 16.5. The van der Waals surface area contributed by atoms with Crippen molar-refractivity contribution in [2.75, 3.05) is 39.3 Å². The first kappa shape index (κ1) is 33.3. The Kier molecular flexibility index (Phi) is 10.5. The third-order valence-corrected chi connectivity index (χ3v) is 10.1. The lowest BCUT2D eigenvalue weighted by Gasteiger charge is -2.38. The number of para-hydroxylation sites is 1. The molecule has 14 nitrogen and oxygen atoms in total. The number of hydrogen-bond donors (Lipinski definition) is 3. The molecule has 1 aromatic carbocycles. The van der Waals surface area contributed by atoms with Crippen LogP contribution in [0.4, 0.5) is 4.79 Å². The van der Waals surface area contributed by atoms with Crippen molar-refractivity contribution in [3.63, 3.8) is 0 Å². The summed E-state index contributed by atoms with van der Waals surface area (Å²) in [5.41, 5.74) is 0.652. The Morgan fingerprint density at radius 1 is 0.854 bits per heavy atom. The first-order valence-corrected chi connectivity index (χ1v) is 17.2. The Morgan fingerprint density at radius 3 is 2.23 bits per heavy atom. The van der Waals surface area contributed by atoms with Crippen LogP contribution in [0.2, 0.25) is 0 Å². The van der Waals surface area contributed by atoms with Gasteiger partial charge in [-0.2, -0.15) is 5.10 Å². The SMILES string of the molecule is O=C(N[C@H](C(=O)N1CCN(C(=O)O)CC1)C1CCCCC1)c1cc(OCC(=O)N2CCC[C@H]2C(=O)NC2CCC2)n(-c2ccccc2)n1. The van der Waals surface area contributed by atoms with Crippen molar-refractivity contribution in [2.45, 2.75) is 82.3 Å². The zero-order valence-corrected chi connectivity index (χ0v) is 27.2. The van der Waals surface area contributed by atoms with E-state index in [1.165, 1.54) is 15.6 Å². The van der Waals surface area contributed by atoms with E-state index in [9.17, 15) is 29.1 Å². The van der Waals surface area contributed by atoms with E-state index < -0.39 is 24.1 Å². The van der Waals surface area contributed by atoms with E-state index in [1.807, 2.05) is 18.2 Å². The molecule has 2 aliphatic heterocycles. The molecular formula is C34H45N7O7. The number of ether oxygens (including phenoxy) is 1. The molecule has 4 aliphatic rings. The van der Waals surface area contributed by atoms with E-state index in [0.717, 1.165) is 57.8 Å². The number of carboxylic acid groups (broad SMARTS) is 1. The summed E-state index contributed by atoms with van der Waals surface area (Å²) < 4.78 is 7.46. The van der Waals surface area contributed by atoms with E-state index in [2.05, 4.69) is 15.7 Å². The van der Waals surface area contributed by atoms with Crippen LogP contribution in [-0.2, 0) is 14.4 Å². The van der Waals surface area contributed by atoms with Crippen LogP contribution in [0.25, 0.3) is 5.69 Å². The number of likely N-dealkylation sites (tertiary alicyclic amines) is 1. The van der Waals surface area contributed by atoms with Gasteiger partial charge in [0.2, 0.25) is 17.7 Å². The zero-order chi connectivity index (χ0) is 33.6. The fourth-order valence-electron chi connectivity index (χ4n) is 7.12. The summed E-state index contributed by atoms with van der Waals surface area (Å²) in [4.78, 5) is 69.7. The van der Waals surface area contributed by atoms with Gasteiger partial charge >= 0.3 is 6.09 Å². The fourth-order valence-corrected chi connectivity index (χ4v) is 7.12. The Labute approximate surface area is 279 Å². The second-order valence-electron chi connectivity index (χ2n) is 13.2. The molecule has 14 heteroatoms. The predicted molar refractivity (Wildman–Crippen MR) is 174 cm³/mol. The summed E-state index contributed by atoms with van der Waals surface area (Å²) in [6.45, 7) is 1.10. The number of rotatable bonds is 10. The predicted octanol–water partition coefficient (Wildman–Crippen LogP) is 2.41. The van der Waals surface area contributed by atoms with Crippen molar-refractivity contribution >= 4 is 29.7 Å². The number of carbonyl (C=O) groups is 5.